The average Bonchev–Trinajstić information content (AvgIpc) is 2.75. The lowest BCUT2D eigenvalue weighted by molar-refractivity contribution is -0.137. The van der Waals surface area contributed by atoms with Crippen molar-refractivity contribution in [2.24, 2.45) is 11.8 Å². The molecular formula is C18H30O5. The first-order chi connectivity index (χ1) is 11.0. The Balaban J connectivity index is 2.38. The molecule has 23 heavy (non-hydrogen) atoms. The van der Waals surface area contributed by atoms with Gasteiger partial charge in [0.1, 0.15) is 11.6 Å². The minimum atomic E-state index is -0.822. The molecule has 0 heterocycles. The smallest absolute Gasteiger partial charge is 0.303 e. The number of carbonyl (C=O) groups excluding carboxylic acids is 2. The Morgan fingerprint density at radius 2 is 1.74 bits per heavy atom. The molecule has 132 valence electrons. The Morgan fingerprint density at radius 1 is 1.04 bits per heavy atom. The molecule has 0 aliphatic heterocycles. The van der Waals surface area contributed by atoms with Gasteiger partial charge >= 0.3 is 5.97 Å². The molecule has 0 aromatic carbocycles. The second-order valence-corrected chi connectivity index (χ2v) is 6.68. The fourth-order valence-electron chi connectivity index (χ4n) is 3.45. The summed E-state index contributed by atoms with van der Waals surface area (Å²) in [5, 5.41) is 18.7. The van der Waals surface area contributed by atoms with Gasteiger partial charge in [0.25, 0.3) is 0 Å². The molecule has 0 spiro atoms. The molecule has 2 N–H and O–H groups in total. The summed E-state index contributed by atoms with van der Waals surface area (Å²) in [6, 6.07) is 0. The Hall–Kier alpha value is -1.23. The average molecular weight is 326 g/mol. The second-order valence-electron chi connectivity index (χ2n) is 6.68. The quantitative estimate of drug-likeness (QED) is 0.538. The highest BCUT2D eigenvalue weighted by molar-refractivity contribution is 5.84. The van der Waals surface area contributed by atoms with Gasteiger partial charge in [-0.1, -0.05) is 26.2 Å². The number of rotatable bonds is 12. The van der Waals surface area contributed by atoms with Crippen LogP contribution in [-0.4, -0.2) is 33.9 Å². The number of carboxylic acids is 1. The first-order valence-corrected chi connectivity index (χ1v) is 8.90. The number of hydrogen-bond donors (Lipinski definition) is 2. The minimum absolute atomic E-state index is 0.0660. The Labute approximate surface area is 138 Å². The molecule has 0 bridgehead atoms. The van der Waals surface area contributed by atoms with Crippen LogP contribution in [0.25, 0.3) is 0 Å². The molecule has 3 unspecified atom stereocenters. The van der Waals surface area contributed by atoms with Crippen molar-refractivity contribution in [2.75, 3.05) is 0 Å². The van der Waals surface area contributed by atoms with Crippen molar-refractivity contribution < 1.29 is 24.6 Å². The van der Waals surface area contributed by atoms with Crippen molar-refractivity contribution >= 4 is 17.5 Å². The highest BCUT2D eigenvalue weighted by Crippen LogP contribution is 2.36. The van der Waals surface area contributed by atoms with Crippen LogP contribution in [0.2, 0.25) is 0 Å². The third-order valence-corrected chi connectivity index (χ3v) is 4.81. The Kier molecular flexibility index (Phi) is 9.07. The lowest BCUT2D eigenvalue weighted by atomic mass is 9.85. The van der Waals surface area contributed by atoms with Crippen LogP contribution in [0.15, 0.2) is 0 Å². The number of aliphatic hydroxyl groups excluding tert-OH is 1. The van der Waals surface area contributed by atoms with E-state index in [0.29, 0.717) is 38.5 Å². The summed E-state index contributed by atoms with van der Waals surface area (Å²) in [5.41, 5.74) is 0. The van der Waals surface area contributed by atoms with E-state index in [2.05, 4.69) is 6.92 Å². The maximum Gasteiger partial charge on any atom is 0.303 e. The molecule has 3 atom stereocenters. The summed E-state index contributed by atoms with van der Waals surface area (Å²) in [5.74, 6) is -0.882. The molecule has 0 radical (unpaired) electrons. The number of unbranched alkanes of at least 4 members (excludes halogenated alkanes) is 3. The number of carbonyl (C=O) groups is 3. The first-order valence-electron chi connectivity index (χ1n) is 8.90. The number of carboxylic acid groups (broad SMARTS) is 1. The monoisotopic (exact) mass is 326 g/mol. The number of hydrogen-bond acceptors (Lipinski definition) is 4. The zero-order valence-corrected chi connectivity index (χ0v) is 14.1. The highest BCUT2D eigenvalue weighted by atomic mass is 16.4. The molecule has 1 rings (SSSR count). The number of aliphatic carboxylic acids is 1. The van der Waals surface area contributed by atoms with Crippen LogP contribution in [0.1, 0.15) is 77.6 Å². The van der Waals surface area contributed by atoms with E-state index in [4.69, 9.17) is 5.11 Å². The maximum atomic E-state index is 12.0. The van der Waals surface area contributed by atoms with Crippen molar-refractivity contribution in [1.82, 2.24) is 0 Å². The topological polar surface area (TPSA) is 91.7 Å². The van der Waals surface area contributed by atoms with Crippen LogP contribution in [0, 0.1) is 11.8 Å². The van der Waals surface area contributed by atoms with Gasteiger partial charge in [-0.05, 0) is 31.6 Å². The first kappa shape index (κ1) is 19.8. The molecule has 5 nitrogen and oxygen atoms in total. The van der Waals surface area contributed by atoms with Crippen LogP contribution >= 0.6 is 0 Å². The lowest BCUT2D eigenvalue weighted by Crippen LogP contribution is -2.21. The summed E-state index contributed by atoms with van der Waals surface area (Å²) < 4.78 is 0. The standard InChI is InChI=1S/C18H30O5/c1-2-3-4-7-13(19)10-11-15-14(16(20)12-17(15)21)8-5-6-9-18(22)23/h14-15,17,21H,2-12H2,1H3,(H,22,23). The van der Waals surface area contributed by atoms with Crippen molar-refractivity contribution in [3.8, 4) is 0 Å². The molecule has 1 fully saturated rings. The number of ketones is 2. The van der Waals surface area contributed by atoms with Crippen LogP contribution in [0.3, 0.4) is 0 Å². The summed E-state index contributed by atoms with van der Waals surface area (Å²) in [7, 11) is 0. The molecule has 1 aliphatic rings. The van der Waals surface area contributed by atoms with Crippen LogP contribution in [-0.2, 0) is 14.4 Å². The normalized spacial score (nSPS) is 24.1. The summed E-state index contributed by atoms with van der Waals surface area (Å²) in [6.45, 7) is 2.10. The third-order valence-electron chi connectivity index (χ3n) is 4.81. The van der Waals surface area contributed by atoms with Gasteiger partial charge in [0, 0.05) is 31.6 Å². The van der Waals surface area contributed by atoms with Crippen LogP contribution in [0.5, 0.6) is 0 Å². The van der Waals surface area contributed by atoms with Gasteiger partial charge in [-0.25, -0.2) is 0 Å². The number of Topliss-reactive ketones (excluding diaryl/α,β-unsaturated/α-hetero) is 2. The predicted molar refractivity (Wildman–Crippen MR) is 87.1 cm³/mol. The zero-order chi connectivity index (χ0) is 17.2. The summed E-state index contributed by atoms with van der Waals surface area (Å²) in [6.07, 6.45) is 6.16. The third kappa shape index (κ3) is 7.25. The molecule has 0 amide bonds. The van der Waals surface area contributed by atoms with Gasteiger partial charge in [-0.3, -0.25) is 14.4 Å². The molecule has 5 heteroatoms. The van der Waals surface area contributed by atoms with Crippen LogP contribution < -0.4 is 0 Å². The molecule has 0 aromatic heterocycles. The molecule has 0 saturated heterocycles. The number of aliphatic hydroxyl groups is 1. The van der Waals surface area contributed by atoms with E-state index in [1.54, 1.807) is 0 Å². The van der Waals surface area contributed by atoms with Crippen molar-refractivity contribution in [2.45, 2.75) is 83.7 Å². The Morgan fingerprint density at radius 3 is 2.39 bits per heavy atom. The van der Waals surface area contributed by atoms with E-state index < -0.39 is 12.1 Å². The minimum Gasteiger partial charge on any atom is -0.481 e. The van der Waals surface area contributed by atoms with Gasteiger partial charge in [0.05, 0.1) is 6.10 Å². The van der Waals surface area contributed by atoms with Crippen molar-refractivity contribution in [1.29, 1.82) is 0 Å². The fraction of sp³-hybridized carbons (Fsp3) is 0.833. The Bertz CT molecular complexity index is 404. The van der Waals surface area contributed by atoms with E-state index in [1.165, 1.54) is 0 Å². The van der Waals surface area contributed by atoms with E-state index in [1.807, 2.05) is 0 Å². The van der Waals surface area contributed by atoms with Crippen molar-refractivity contribution in [3.05, 3.63) is 0 Å². The van der Waals surface area contributed by atoms with Gasteiger partial charge in [0.2, 0.25) is 0 Å². The van der Waals surface area contributed by atoms with Gasteiger partial charge in [-0.15, -0.1) is 0 Å². The van der Waals surface area contributed by atoms with Gasteiger partial charge in [-0.2, -0.15) is 0 Å². The molecular weight excluding hydrogens is 296 g/mol. The van der Waals surface area contributed by atoms with E-state index >= 15 is 0 Å². The largest absolute Gasteiger partial charge is 0.481 e. The molecule has 0 aromatic rings. The SMILES string of the molecule is CCCCCC(=O)CCC1C(O)CC(=O)C1CCCCC(=O)O. The summed E-state index contributed by atoms with van der Waals surface area (Å²) >= 11 is 0. The maximum absolute atomic E-state index is 12.0. The van der Waals surface area contributed by atoms with Crippen LogP contribution in [0.4, 0.5) is 0 Å². The van der Waals surface area contributed by atoms with Gasteiger partial charge < -0.3 is 10.2 Å². The lowest BCUT2D eigenvalue weighted by Gasteiger charge is -2.20. The summed E-state index contributed by atoms with van der Waals surface area (Å²) in [4.78, 5) is 34.4. The van der Waals surface area contributed by atoms with E-state index in [0.717, 1.165) is 19.3 Å². The van der Waals surface area contributed by atoms with Crippen molar-refractivity contribution in [3.63, 3.8) is 0 Å². The fourth-order valence-corrected chi connectivity index (χ4v) is 3.45. The van der Waals surface area contributed by atoms with E-state index in [-0.39, 0.29) is 36.2 Å². The van der Waals surface area contributed by atoms with Gasteiger partial charge in [0.15, 0.2) is 0 Å². The predicted octanol–water partition coefficient (Wildman–Crippen LogP) is 3.13. The molecule has 1 aliphatic carbocycles. The second kappa shape index (κ2) is 10.5. The highest BCUT2D eigenvalue weighted by Gasteiger charge is 2.40. The molecule has 1 saturated carbocycles. The van der Waals surface area contributed by atoms with E-state index in [9.17, 15) is 19.5 Å². The zero-order valence-electron chi connectivity index (χ0n) is 14.1.